The van der Waals surface area contributed by atoms with Crippen molar-refractivity contribution in [2.45, 2.75) is 25.8 Å². The summed E-state index contributed by atoms with van der Waals surface area (Å²) in [4.78, 5) is 10.7. The number of carbonyl (C=O) groups is 1. The van der Waals surface area contributed by atoms with Gasteiger partial charge in [0.15, 0.2) is 0 Å². The van der Waals surface area contributed by atoms with Crippen molar-refractivity contribution in [1.82, 2.24) is 0 Å². The number of hydrogen-bond donors (Lipinski definition) is 2. The minimum atomic E-state index is -0.932. The number of methoxy groups -OCH3 is 1. The van der Waals surface area contributed by atoms with E-state index >= 15 is 0 Å². The molecule has 0 amide bonds. The number of carboxylic acids is 1. The second-order valence-electron chi connectivity index (χ2n) is 3.73. The van der Waals surface area contributed by atoms with Gasteiger partial charge < -0.3 is 15.6 Å². The van der Waals surface area contributed by atoms with E-state index in [2.05, 4.69) is 0 Å². The van der Waals surface area contributed by atoms with E-state index in [0.717, 1.165) is 11.1 Å². The third-order valence-corrected chi connectivity index (χ3v) is 2.79. The second kappa shape index (κ2) is 5.89. The molecule has 0 aliphatic rings. The molecule has 1 unspecified atom stereocenters. The minimum absolute atomic E-state index is 0.128. The van der Waals surface area contributed by atoms with Gasteiger partial charge in [-0.1, -0.05) is 18.5 Å². The Hall–Kier alpha value is -1.26. The third kappa shape index (κ3) is 3.35. The normalized spacial score (nSPS) is 12.2. The first kappa shape index (κ1) is 13.8. The van der Waals surface area contributed by atoms with Crippen molar-refractivity contribution in [1.29, 1.82) is 0 Å². The smallest absolute Gasteiger partial charge is 0.305 e. The molecule has 1 rings (SSSR count). The molecule has 1 aromatic carbocycles. The van der Waals surface area contributed by atoms with Crippen LogP contribution in [-0.2, 0) is 11.2 Å². The SMILES string of the molecule is CCc1c(OC)cc(Cl)cc1C(N)CC(=O)O. The van der Waals surface area contributed by atoms with E-state index in [1.807, 2.05) is 6.92 Å². The lowest BCUT2D eigenvalue weighted by molar-refractivity contribution is -0.137. The first-order valence-corrected chi connectivity index (χ1v) is 5.71. The topological polar surface area (TPSA) is 72.5 Å². The van der Waals surface area contributed by atoms with Crippen LogP contribution in [0.4, 0.5) is 0 Å². The van der Waals surface area contributed by atoms with E-state index in [1.54, 1.807) is 19.2 Å². The maximum atomic E-state index is 10.7. The van der Waals surface area contributed by atoms with Crippen LogP contribution < -0.4 is 10.5 Å². The van der Waals surface area contributed by atoms with Gasteiger partial charge in [-0.25, -0.2) is 0 Å². The first-order chi connectivity index (χ1) is 7.99. The highest BCUT2D eigenvalue weighted by molar-refractivity contribution is 6.30. The van der Waals surface area contributed by atoms with E-state index < -0.39 is 12.0 Å². The van der Waals surface area contributed by atoms with Crippen LogP contribution in [0.1, 0.15) is 30.5 Å². The molecule has 0 saturated carbocycles. The Balaban J connectivity index is 3.20. The monoisotopic (exact) mass is 257 g/mol. The van der Waals surface area contributed by atoms with Crippen molar-refractivity contribution in [3.8, 4) is 5.75 Å². The highest BCUT2D eigenvalue weighted by atomic mass is 35.5. The lowest BCUT2D eigenvalue weighted by Crippen LogP contribution is -2.17. The molecule has 0 bridgehead atoms. The van der Waals surface area contributed by atoms with Gasteiger partial charge in [-0.2, -0.15) is 0 Å². The zero-order valence-electron chi connectivity index (χ0n) is 9.87. The number of benzene rings is 1. The number of nitrogens with two attached hydrogens (primary N) is 1. The molecule has 0 aliphatic heterocycles. The molecule has 0 aromatic heterocycles. The second-order valence-corrected chi connectivity index (χ2v) is 4.17. The molecular formula is C12H16ClNO3. The van der Waals surface area contributed by atoms with Crippen LogP contribution in [-0.4, -0.2) is 18.2 Å². The van der Waals surface area contributed by atoms with Crippen LogP contribution in [0, 0.1) is 0 Å². The third-order valence-electron chi connectivity index (χ3n) is 2.58. The number of aliphatic carboxylic acids is 1. The largest absolute Gasteiger partial charge is 0.496 e. The van der Waals surface area contributed by atoms with Crippen LogP contribution in [0.15, 0.2) is 12.1 Å². The van der Waals surface area contributed by atoms with Crippen molar-refractivity contribution in [3.05, 3.63) is 28.3 Å². The number of rotatable bonds is 5. The summed E-state index contributed by atoms with van der Waals surface area (Å²) in [5.74, 6) is -0.283. The molecule has 1 atom stereocenters. The Labute approximate surface area is 105 Å². The Morgan fingerprint density at radius 1 is 1.59 bits per heavy atom. The maximum Gasteiger partial charge on any atom is 0.305 e. The first-order valence-electron chi connectivity index (χ1n) is 5.33. The number of carboxylic acid groups (broad SMARTS) is 1. The van der Waals surface area contributed by atoms with Crippen LogP contribution in [0.2, 0.25) is 5.02 Å². The van der Waals surface area contributed by atoms with Crippen LogP contribution in [0.25, 0.3) is 0 Å². The number of ether oxygens (including phenoxy) is 1. The van der Waals surface area contributed by atoms with Crippen LogP contribution in [0.5, 0.6) is 5.75 Å². The zero-order chi connectivity index (χ0) is 13.0. The predicted molar refractivity (Wildman–Crippen MR) is 66.6 cm³/mol. The molecule has 0 saturated heterocycles. The summed E-state index contributed by atoms with van der Waals surface area (Å²) in [5, 5.41) is 9.26. The molecule has 1 aromatic rings. The fourth-order valence-electron chi connectivity index (χ4n) is 1.82. The molecule has 4 nitrogen and oxygen atoms in total. The predicted octanol–water partition coefficient (Wildman–Crippen LogP) is 2.39. The van der Waals surface area contributed by atoms with Gasteiger partial charge >= 0.3 is 5.97 Å². The molecule has 94 valence electrons. The Kier molecular flexibility index (Phi) is 4.78. The zero-order valence-corrected chi connectivity index (χ0v) is 10.6. The van der Waals surface area contributed by atoms with E-state index in [-0.39, 0.29) is 6.42 Å². The van der Waals surface area contributed by atoms with Gasteiger partial charge in [-0.15, -0.1) is 0 Å². The molecule has 0 aliphatic carbocycles. The highest BCUT2D eigenvalue weighted by Crippen LogP contribution is 2.31. The molecule has 0 spiro atoms. The Morgan fingerprint density at radius 3 is 2.71 bits per heavy atom. The van der Waals surface area contributed by atoms with Gasteiger partial charge in [0.05, 0.1) is 13.5 Å². The molecule has 0 heterocycles. The van der Waals surface area contributed by atoms with Crippen molar-refractivity contribution in [3.63, 3.8) is 0 Å². The van der Waals surface area contributed by atoms with Crippen molar-refractivity contribution in [2.75, 3.05) is 7.11 Å². The molecular weight excluding hydrogens is 242 g/mol. The maximum absolute atomic E-state index is 10.7. The van der Waals surface area contributed by atoms with E-state index in [4.69, 9.17) is 27.2 Å². The molecule has 5 heteroatoms. The summed E-state index contributed by atoms with van der Waals surface area (Å²) in [6.07, 6.45) is 0.583. The highest BCUT2D eigenvalue weighted by Gasteiger charge is 2.17. The molecule has 17 heavy (non-hydrogen) atoms. The standard InChI is InChI=1S/C12H16ClNO3/c1-3-8-9(10(14)6-12(15)16)4-7(13)5-11(8)17-2/h4-5,10H,3,6,14H2,1-2H3,(H,15,16). The van der Waals surface area contributed by atoms with Gasteiger partial charge in [0.2, 0.25) is 0 Å². The average molecular weight is 258 g/mol. The minimum Gasteiger partial charge on any atom is -0.496 e. The molecule has 0 fully saturated rings. The van der Waals surface area contributed by atoms with Crippen molar-refractivity contribution >= 4 is 17.6 Å². The Bertz CT molecular complexity index is 420. The number of halogens is 1. The number of hydrogen-bond acceptors (Lipinski definition) is 3. The van der Waals surface area contributed by atoms with Gasteiger partial charge in [-0.05, 0) is 29.7 Å². The summed E-state index contributed by atoms with van der Waals surface area (Å²) in [6, 6.07) is 2.84. The summed E-state index contributed by atoms with van der Waals surface area (Å²) in [7, 11) is 1.55. The average Bonchev–Trinajstić information content (AvgIpc) is 2.26. The Morgan fingerprint density at radius 2 is 2.24 bits per heavy atom. The lowest BCUT2D eigenvalue weighted by atomic mass is 9.96. The summed E-state index contributed by atoms with van der Waals surface area (Å²) >= 11 is 5.96. The van der Waals surface area contributed by atoms with Gasteiger partial charge in [0.25, 0.3) is 0 Å². The van der Waals surface area contributed by atoms with Gasteiger partial charge in [0, 0.05) is 11.1 Å². The van der Waals surface area contributed by atoms with Gasteiger partial charge in [0.1, 0.15) is 5.75 Å². The van der Waals surface area contributed by atoms with E-state index in [0.29, 0.717) is 17.2 Å². The summed E-state index contributed by atoms with van der Waals surface area (Å²) in [6.45, 7) is 1.96. The fraction of sp³-hybridized carbons (Fsp3) is 0.417. The van der Waals surface area contributed by atoms with Gasteiger partial charge in [-0.3, -0.25) is 4.79 Å². The van der Waals surface area contributed by atoms with E-state index in [1.165, 1.54) is 0 Å². The summed E-state index contributed by atoms with van der Waals surface area (Å²) < 4.78 is 5.23. The van der Waals surface area contributed by atoms with Crippen molar-refractivity contribution < 1.29 is 14.6 Å². The van der Waals surface area contributed by atoms with Crippen molar-refractivity contribution in [2.24, 2.45) is 5.73 Å². The summed E-state index contributed by atoms with van der Waals surface area (Å²) in [5.41, 5.74) is 7.51. The molecule has 3 N–H and O–H groups in total. The lowest BCUT2D eigenvalue weighted by Gasteiger charge is -2.17. The quantitative estimate of drug-likeness (QED) is 0.850. The van der Waals surface area contributed by atoms with Crippen LogP contribution >= 0.6 is 11.6 Å². The fourth-order valence-corrected chi connectivity index (χ4v) is 2.04. The molecule has 0 radical (unpaired) electrons. The van der Waals surface area contributed by atoms with Crippen LogP contribution in [0.3, 0.4) is 0 Å². The van der Waals surface area contributed by atoms with E-state index in [9.17, 15) is 4.79 Å².